The second-order valence-corrected chi connectivity index (χ2v) is 5.81. The van der Waals surface area contributed by atoms with Crippen molar-refractivity contribution in [2.24, 2.45) is 0 Å². The van der Waals surface area contributed by atoms with Gasteiger partial charge in [-0.05, 0) is 24.3 Å². The van der Waals surface area contributed by atoms with E-state index in [1.54, 1.807) is 36.4 Å². The van der Waals surface area contributed by atoms with E-state index in [0.717, 1.165) is 0 Å². The summed E-state index contributed by atoms with van der Waals surface area (Å²) < 4.78 is 33.1. The Labute approximate surface area is 164 Å². The molecule has 0 aliphatic rings. The molecule has 1 unspecified atom stereocenters. The van der Waals surface area contributed by atoms with Gasteiger partial charge in [-0.2, -0.15) is 0 Å². The van der Waals surface area contributed by atoms with Crippen molar-refractivity contribution in [2.75, 3.05) is 39.9 Å². The van der Waals surface area contributed by atoms with E-state index >= 15 is 0 Å². The Morgan fingerprint density at radius 3 is 2.25 bits per heavy atom. The lowest BCUT2D eigenvalue weighted by Gasteiger charge is -2.12. The molecular formula is C22H25FO5. The van der Waals surface area contributed by atoms with Crippen molar-refractivity contribution in [2.45, 2.75) is 6.10 Å². The van der Waals surface area contributed by atoms with Crippen LogP contribution in [0.2, 0.25) is 0 Å². The summed E-state index contributed by atoms with van der Waals surface area (Å²) in [6.45, 7) is 4.46. The number of alkyl halides is 1. The normalized spacial score (nSPS) is 11.8. The molecule has 0 heterocycles. The van der Waals surface area contributed by atoms with Gasteiger partial charge in [0.2, 0.25) is 0 Å². The third-order valence-corrected chi connectivity index (χ3v) is 3.84. The molecule has 0 aliphatic heterocycles. The minimum Gasteiger partial charge on any atom is -0.491 e. The Hall–Kier alpha value is -2.54. The van der Waals surface area contributed by atoms with Crippen LogP contribution >= 0.6 is 0 Å². The molecule has 0 aliphatic carbocycles. The van der Waals surface area contributed by atoms with E-state index in [1.807, 2.05) is 18.2 Å². The lowest BCUT2D eigenvalue weighted by molar-refractivity contribution is -0.0394. The number of halogens is 1. The van der Waals surface area contributed by atoms with Crippen LogP contribution in [0.1, 0.15) is 15.9 Å². The van der Waals surface area contributed by atoms with Crippen molar-refractivity contribution >= 4 is 5.78 Å². The molecule has 0 saturated heterocycles. The fraction of sp³-hybridized carbons (Fsp3) is 0.318. The highest BCUT2D eigenvalue weighted by Crippen LogP contribution is 2.15. The Morgan fingerprint density at radius 2 is 1.57 bits per heavy atom. The summed E-state index contributed by atoms with van der Waals surface area (Å²) in [5.41, 5.74) is 1.27. The number of ether oxygens (including phenoxy) is 4. The highest BCUT2D eigenvalue weighted by molar-refractivity contribution is 6.08. The van der Waals surface area contributed by atoms with Gasteiger partial charge in [0.05, 0.1) is 26.4 Å². The maximum absolute atomic E-state index is 12.3. The average Bonchev–Trinajstić information content (AvgIpc) is 2.75. The third-order valence-electron chi connectivity index (χ3n) is 3.84. The molecule has 0 radical (unpaired) electrons. The third kappa shape index (κ3) is 7.60. The van der Waals surface area contributed by atoms with Gasteiger partial charge >= 0.3 is 0 Å². The summed E-state index contributed by atoms with van der Waals surface area (Å²) in [5, 5.41) is 0. The van der Waals surface area contributed by atoms with Crippen LogP contribution in [0, 0.1) is 0 Å². The molecule has 1 atom stereocenters. The van der Waals surface area contributed by atoms with E-state index < -0.39 is 13.0 Å². The Morgan fingerprint density at radius 1 is 0.929 bits per heavy atom. The van der Waals surface area contributed by atoms with Gasteiger partial charge in [-0.15, -0.1) is 6.58 Å². The van der Waals surface area contributed by atoms with Crippen molar-refractivity contribution in [3.8, 4) is 5.75 Å². The van der Waals surface area contributed by atoms with Gasteiger partial charge in [-0.1, -0.05) is 36.4 Å². The SMILES string of the molecule is C=CC(COCCOCCOc1ccc(C(=O)c2ccccc2)cc1)OCF. The fourth-order valence-electron chi connectivity index (χ4n) is 2.36. The van der Waals surface area contributed by atoms with E-state index in [-0.39, 0.29) is 12.4 Å². The zero-order valence-electron chi connectivity index (χ0n) is 15.7. The molecule has 0 N–H and O–H groups in total. The molecule has 0 fully saturated rings. The van der Waals surface area contributed by atoms with Crippen molar-refractivity contribution in [1.82, 2.24) is 0 Å². The Kier molecular flexibility index (Phi) is 9.93. The standard InChI is InChI=1S/C22H25FO5/c1-2-20(28-17-23)16-26-13-12-25-14-15-27-21-10-8-19(9-11-21)22(24)18-6-4-3-5-7-18/h2-11,20H,1,12-17H2. The number of rotatable bonds is 14. The van der Waals surface area contributed by atoms with Crippen LogP contribution in [0.25, 0.3) is 0 Å². The summed E-state index contributed by atoms with van der Waals surface area (Å²) in [6, 6.07) is 16.2. The highest BCUT2D eigenvalue weighted by Gasteiger charge is 2.08. The number of hydrogen-bond donors (Lipinski definition) is 0. The Bertz CT molecular complexity index is 703. The molecule has 150 valence electrons. The summed E-state index contributed by atoms with van der Waals surface area (Å²) in [4.78, 5) is 12.3. The number of benzene rings is 2. The van der Waals surface area contributed by atoms with Crippen LogP contribution in [0.3, 0.4) is 0 Å². The molecule has 0 spiro atoms. The lowest BCUT2D eigenvalue weighted by atomic mass is 10.0. The summed E-state index contributed by atoms with van der Waals surface area (Å²) in [7, 11) is 0. The maximum Gasteiger partial charge on any atom is 0.193 e. The molecule has 2 aromatic carbocycles. The van der Waals surface area contributed by atoms with Crippen molar-refractivity contribution in [3.63, 3.8) is 0 Å². The van der Waals surface area contributed by atoms with E-state index in [9.17, 15) is 9.18 Å². The van der Waals surface area contributed by atoms with Crippen molar-refractivity contribution < 1.29 is 28.1 Å². The first kappa shape index (κ1) is 21.8. The first-order valence-corrected chi connectivity index (χ1v) is 9.03. The first-order valence-electron chi connectivity index (χ1n) is 9.03. The minimum absolute atomic E-state index is 0.0221. The molecule has 0 saturated carbocycles. The zero-order valence-corrected chi connectivity index (χ0v) is 15.7. The van der Waals surface area contributed by atoms with E-state index in [0.29, 0.717) is 43.3 Å². The van der Waals surface area contributed by atoms with E-state index in [1.165, 1.54) is 6.08 Å². The molecule has 2 rings (SSSR count). The average molecular weight is 388 g/mol. The van der Waals surface area contributed by atoms with Crippen molar-refractivity contribution in [1.29, 1.82) is 0 Å². The van der Waals surface area contributed by atoms with Crippen LogP contribution in [-0.4, -0.2) is 51.8 Å². The van der Waals surface area contributed by atoms with E-state index in [2.05, 4.69) is 6.58 Å². The molecule has 6 heteroatoms. The molecule has 28 heavy (non-hydrogen) atoms. The summed E-state index contributed by atoms with van der Waals surface area (Å²) in [6.07, 6.45) is 1.04. The number of carbonyl (C=O) groups is 1. The molecule has 0 aromatic heterocycles. The van der Waals surface area contributed by atoms with Gasteiger partial charge in [0.15, 0.2) is 12.6 Å². The highest BCUT2D eigenvalue weighted by atomic mass is 19.1. The van der Waals surface area contributed by atoms with Gasteiger partial charge < -0.3 is 18.9 Å². The number of carbonyl (C=O) groups excluding carboxylic acids is 1. The Balaban J connectivity index is 1.60. The molecule has 0 bridgehead atoms. The lowest BCUT2D eigenvalue weighted by Crippen LogP contribution is -2.19. The first-order chi connectivity index (χ1) is 13.7. The number of hydrogen-bond acceptors (Lipinski definition) is 5. The summed E-state index contributed by atoms with van der Waals surface area (Å²) in [5.74, 6) is 0.646. The largest absolute Gasteiger partial charge is 0.491 e. The molecule has 2 aromatic rings. The molecular weight excluding hydrogens is 363 g/mol. The quantitative estimate of drug-likeness (QED) is 0.280. The van der Waals surface area contributed by atoms with Gasteiger partial charge in [-0.25, -0.2) is 4.39 Å². The fourth-order valence-corrected chi connectivity index (χ4v) is 2.36. The predicted octanol–water partition coefficient (Wildman–Crippen LogP) is 3.83. The van der Waals surface area contributed by atoms with Crippen LogP contribution < -0.4 is 4.74 Å². The second kappa shape index (κ2) is 12.8. The maximum atomic E-state index is 12.3. The zero-order chi connectivity index (χ0) is 20.0. The van der Waals surface area contributed by atoms with E-state index in [4.69, 9.17) is 18.9 Å². The van der Waals surface area contributed by atoms with Gasteiger partial charge in [0, 0.05) is 11.1 Å². The molecule has 5 nitrogen and oxygen atoms in total. The number of ketones is 1. The van der Waals surface area contributed by atoms with Gasteiger partial charge in [0.25, 0.3) is 0 Å². The van der Waals surface area contributed by atoms with Crippen molar-refractivity contribution in [3.05, 3.63) is 78.4 Å². The van der Waals surface area contributed by atoms with Crippen LogP contribution in [0.4, 0.5) is 4.39 Å². The van der Waals surface area contributed by atoms with Gasteiger partial charge in [0.1, 0.15) is 18.5 Å². The second-order valence-electron chi connectivity index (χ2n) is 5.81. The molecule has 0 amide bonds. The van der Waals surface area contributed by atoms with Crippen LogP contribution in [-0.2, 0) is 14.2 Å². The smallest absolute Gasteiger partial charge is 0.193 e. The predicted molar refractivity (Wildman–Crippen MR) is 104 cm³/mol. The minimum atomic E-state index is -0.866. The van der Waals surface area contributed by atoms with Crippen LogP contribution in [0.15, 0.2) is 67.3 Å². The topological polar surface area (TPSA) is 54.0 Å². The van der Waals surface area contributed by atoms with Gasteiger partial charge in [-0.3, -0.25) is 4.79 Å². The summed E-state index contributed by atoms with van der Waals surface area (Å²) >= 11 is 0. The van der Waals surface area contributed by atoms with Crippen LogP contribution in [0.5, 0.6) is 5.75 Å². The monoisotopic (exact) mass is 388 g/mol.